The van der Waals surface area contributed by atoms with Crippen LogP contribution >= 0.6 is 34.8 Å². The van der Waals surface area contributed by atoms with Crippen molar-refractivity contribution in [2.45, 2.75) is 26.3 Å². The molecule has 1 aliphatic heterocycles. The highest BCUT2D eigenvalue weighted by molar-refractivity contribution is 6.43. The maximum atomic E-state index is 12.1. The Bertz CT molecular complexity index is 1090. The molecule has 4 rings (SSSR count). The molecule has 4 nitrogen and oxygen atoms in total. The lowest BCUT2D eigenvalue weighted by molar-refractivity contribution is 0.289. The highest BCUT2D eigenvalue weighted by Gasteiger charge is 2.26. The van der Waals surface area contributed by atoms with Crippen molar-refractivity contribution in [1.29, 1.82) is 0 Å². The number of ether oxygens (including phenoxy) is 1. The molecule has 1 aliphatic rings. The van der Waals surface area contributed by atoms with Gasteiger partial charge in [-0.15, -0.1) is 0 Å². The molecular formula is C20H16Cl3NO3. The number of nitrogens with zero attached hydrogens (tertiary/aromatic N) is 1. The number of fused-ring (bicyclic) bond motifs is 3. The van der Waals surface area contributed by atoms with Crippen LogP contribution in [0.3, 0.4) is 0 Å². The van der Waals surface area contributed by atoms with Crippen LogP contribution in [0.25, 0.3) is 11.0 Å². The summed E-state index contributed by atoms with van der Waals surface area (Å²) in [6, 6.07) is 8.77. The molecule has 3 aromatic rings. The molecule has 0 amide bonds. The molecule has 0 fully saturated rings. The maximum Gasteiger partial charge on any atom is 0.336 e. The average molecular weight is 425 g/mol. The Labute approximate surface area is 171 Å². The van der Waals surface area contributed by atoms with Gasteiger partial charge in [-0.3, -0.25) is 0 Å². The number of aryl methyl sites for hydroxylation is 1. The number of benzene rings is 2. The van der Waals surface area contributed by atoms with Gasteiger partial charge in [-0.25, -0.2) is 4.79 Å². The Hall–Kier alpha value is -1.88. The first-order valence-electron chi connectivity index (χ1n) is 8.59. The fourth-order valence-corrected chi connectivity index (χ4v) is 4.11. The smallest absolute Gasteiger partial charge is 0.336 e. The van der Waals surface area contributed by atoms with Gasteiger partial charge in [-0.05, 0) is 30.2 Å². The van der Waals surface area contributed by atoms with Crippen LogP contribution in [0.15, 0.2) is 39.5 Å². The van der Waals surface area contributed by atoms with Crippen molar-refractivity contribution in [2.24, 2.45) is 0 Å². The Kier molecular flexibility index (Phi) is 4.97. The summed E-state index contributed by atoms with van der Waals surface area (Å²) < 4.78 is 11.5. The molecule has 0 aliphatic carbocycles. The van der Waals surface area contributed by atoms with Crippen LogP contribution in [0.4, 0.5) is 5.69 Å². The van der Waals surface area contributed by atoms with Gasteiger partial charge in [0.15, 0.2) is 6.73 Å². The number of halogens is 3. The van der Waals surface area contributed by atoms with Crippen LogP contribution in [-0.4, -0.2) is 6.73 Å². The zero-order valence-corrected chi connectivity index (χ0v) is 16.8. The van der Waals surface area contributed by atoms with Crippen LogP contribution in [0.5, 0.6) is 5.75 Å². The quantitative estimate of drug-likeness (QED) is 0.479. The van der Waals surface area contributed by atoms with E-state index >= 15 is 0 Å². The highest BCUT2D eigenvalue weighted by atomic mass is 35.5. The second-order valence-electron chi connectivity index (χ2n) is 6.43. The predicted molar refractivity (Wildman–Crippen MR) is 110 cm³/mol. The summed E-state index contributed by atoms with van der Waals surface area (Å²) >= 11 is 19.0. The SMILES string of the molecule is CCCc1cc(=O)oc2c3c(c(Cl)cc12)OCN(c1cccc(Cl)c1Cl)C3. The molecule has 140 valence electrons. The highest BCUT2D eigenvalue weighted by Crippen LogP contribution is 2.42. The molecule has 0 saturated carbocycles. The van der Waals surface area contributed by atoms with Gasteiger partial charge in [0.2, 0.25) is 0 Å². The number of anilines is 1. The zero-order valence-electron chi connectivity index (χ0n) is 14.5. The van der Waals surface area contributed by atoms with Crippen LogP contribution in [-0.2, 0) is 13.0 Å². The molecule has 0 bridgehead atoms. The van der Waals surface area contributed by atoms with Gasteiger partial charge in [0, 0.05) is 11.5 Å². The van der Waals surface area contributed by atoms with Gasteiger partial charge >= 0.3 is 5.63 Å². The molecule has 0 radical (unpaired) electrons. The fraction of sp³-hybridized carbons (Fsp3) is 0.250. The largest absolute Gasteiger partial charge is 0.471 e. The van der Waals surface area contributed by atoms with E-state index in [2.05, 4.69) is 6.92 Å². The molecule has 0 atom stereocenters. The standard InChI is InChI=1S/C20H16Cl3NO3/c1-2-4-11-7-17(25)27-19-12(11)8-15(22)20-13(19)9-24(10-26-20)16-6-3-5-14(21)18(16)23/h3,5-8H,2,4,9-10H2,1H3. The van der Waals surface area contributed by atoms with Crippen LogP contribution in [0.1, 0.15) is 24.5 Å². The number of hydrogen-bond donors (Lipinski definition) is 0. The van der Waals surface area contributed by atoms with Crippen LogP contribution in [0, 0.1) is 0 Å². The van der Waals surface area contributed by atoms with Gasteiger partial charge in [0.05, 0.1) is 32.9 Å². The Balaban J connectivity index is 1.89. The maximum absolute atomic E-state index is 12.1. The summed E-state index contributed by atoms with van der Waals surface area (Å²) in [7, 11) is 0. The van der Waals surface area contributed by atoms with E-state index < -0.39 is 0 Å². The normalized spacial score (nSPS) is 13.6. The third-order valence-electron chi connectivity index (χ3n) is 4.63. The number of hydrogen-bond acceptors (Lipinski definition) is 4. The predicted octanol–water partition coefficient (Wildman–Crippen LogP) is 6.06. The molecular weight excluding hydrogens is 409 g/mol. The Morgan fingerprint density at radius 1 is 1.15 bits per heavy atom. The van der Waals surface area contributed by atoms with Gasteiger partial charge < -0.3 is 14.1 Å². The molecule has 2 heterocycles. The van der Waals surface area contributed by atoms with Gasteiger partial charge in [0.1, 0.15) is 11.3 Å². The molecule has 0 saturated heterocycles. The van der Waals surface area contributed by atoms with Gasteiger partial charge in [-0.1, -0.05) is 54.2 Å². The van der Waals surface area contributed by atoms with Crippen molar-refractivity contribution in [3.63, 3.8) is 0 Å². The lowest BCUT2D eigenvalue weighted by Gasteiger charge is -2.32. The van der Waals surface area contributed by atoms with Crippen molar-refractivity contribution in [3.05, 3.63) is 66.9 Å². The van der Waals surface area contributed by atoms with Crippen molar-refractivity contribution >= 4 is 51.5 Å². The van der Waals surface area contributed by atoms with Crippen molar-refractivity contribution in [2.75, 3.05) is 11.6 Å². The third-order valence-corrected chi connectivity index (χ3v) is 5.72. The topological polar surface area (TPSA) is 42.7 Å². The van der Waals surface area contributed by atoms with Crippen molar-refractivity contribution in [3.8, 4) is 5.75 Å². The lowest BCUT2D eigenvalue weighted by atomic mass is 10.0. The molecule has 0 N–H and O–H groups in total. The summed E-state index contributed by atoms with van der Waals surface area (Å²) in [5.74, 6) is 0.537. The summed E-state index contributed by atoms with van der Waals surface area (Å²) in [6.45, 7) is 2.76. The van der Waals surface area contributed by atoms with E-state index in [1.54, 1.807) is 6.07 Å². The molecule has 1 aromatic heterocycles. The van der Waals surface area contributed by atoms with E-state index in [-0.39, 0.29) is 12.4 Å². The summed E-state index contributed by atoms with van der Waals surface area (Å²) in [6.07, 6.45) is 1.68. The van der Waals surface area contributed by atoms with E-state index in [1.807, 2.05) is 23.1 Å². The third kappa shape index (κ3) is 3.27. The first-order valence-corrected chi connectivity index (χ1v) is 9.73. The summed E-state index contributed by atoms with van der Waals surface area (Å²) in [5, 5.41) is 2.25. The molecule has 7 heteroatoms. The minimum Gasteiger partial charge on any atom is -0.471 e. The van der Waals surface area contributed by atoms with E-state index in [4.69, 9.17) is 44.0 Å². The fourth-order valence-electron chi connectivity index (χ4n) is 3.42. The minimum atomic E-state index is -0.381. The first kappa shape index (κ1) is 18.5. The summed E-state index contributed by atoms with van der Waals surface area (Å²) in [5.41, 5.74) is 2.53. The van der Waals surface area contributed by atoms with E-state index in [1.165, 1.54) is 6.07 Å². The first-order chi connectivity index (χ1) is 13.0. The second kappa shape index (κ2) is 7.27. The Morgan fingerprint density at radius 2 is 1.96 bits per heavy atom. The zero-order chi connectivity index (χ0) is 19.1. The average Bonchev–Trinajstić information content (AvgIpc) is 2.65. The second-order valence-corrected chi connectivity index (χ2v) is 7.62. The molecule has 0 spiro atoms. The van der Waals surface area contributed by atoms with Crippen LogP contribution < -0.4 is 15.3 Å². The number of rotatable bonds is 3. The van der Waals surface area contributed by atoms with E-state index in [9.17, 15) is 4.79 Å². The Morgan fingerprint density at radius 3 is 2.74 bits per heavy atom. The van der Waals surface area contributed by atoms with Crippen molar-refractivity contribution in [1.82, 2.24) is 0 Å². The van der Waals surface area contributed by atoms with Gasteiger partial charge in [-0.2, -0.15) is 0 Å². The summed E-state index contributed by atoms with van der Waals surface area (Å²) in [4.78, 5) is 14.0. The van der Waals surface area contributed by atoms with E-state index in [0.29, 0.717) is 32.9 Å². The van der Waals surface area contributed by atoms with Crippen molar-refractivity contribution < 1.29 is 9.15 Å². The van der Waals surface area contributed by atoms with Crippen LogP contribution in [0.2, 0.25) is 15.1 Å². The van der Waals surface area contributed by atoms with Gasteiger partial charge in [0.25, 0.3) is 0 Å². The molecule has 0 unspecified atom stereocenters. The van der Waals surface area contributed by atoms with E-state index in [0.717, 1.165) is 35.0 Å². The lowest BCUT2D eigenvalue weighted by Crippen LogP contribution is -2.32. The minimum absolute atomic E-state index is 0.261. The molecule has 2 aromatic carbocycles. The molecule has 27 heavy (non-hydrogen) atoms. The monoisotopic (exact) mass is 423 g/mol.